The number of nitrogens with zero attached hydrogens (tertiary/aromatic N) is 2. The summed E-state index contributed by atoms with van der Waals surface area (Å²) in [5, 5.41) is 3.48. The van der Waals surface area contributed by atoms with Crippen LogP contribution in [0.1, 0.15) is 24.9 Å². The first-order valence-electron chi connectivity index (χ1n) is 12.8. The van der Waals surface area contributed by atoms with Gasteiger partial charge >= 0.3 is 0 Å². The van der Waals surface area contributed by atoms with Gasteiger partial charge in [-0.15, -0.1) is 0 Å². The monoisotopic (exact) mass is 508 g/mol. The van der Waals surface area contributed by atoms with Crippen molar-refractivity contribution in [2.75, 3.05) is 23.7 Å². The molecule has 2 aliphatic heterocycles. The van der Waals surface area contributed by atoms with Gasteiger partial charge in [0, 0.05) is 5.39 Å². The van der Waals surface area contributed by atoms with E-state index in [1.54, 1.807) is 12.2 Å². The quantitative estimate of drug-likeness (QED) is 0.299. The average Bonchev–Trinajstić information content (AvgIpc) is 3.47. The Bertz CT molecular complexity index is 1500. The molecule has 7 heteroatoms. The first kappa shape index (κ1) is 24.0. The van der Waals surface area contributed by atoms with E-state index in [9.17, 15) is 9.59 Å². The number of benzene rings is 4. The number of carbonyl (C=O) groups is 2. The van der Waals surface area contributed by atoms with Gasteiger partial charge in [-0.3, -0.25) is 14.4 Å². The molecule has 0 aliphatic carbocycles. The Hall–Kier alpha value is -4.36. The fraction of sp³-hybridized carbons (Fsp3) is 0.226. The molecule has 0 spiro atoms. The minimum Gasteiger partial charge on any atom is -0.493 e. The molecule has 3 atom stereocenters. The van der Waals surface area contributed by atoms with Crippen molar-refractivity contribution in [1.29, 1.82) is 0 Å². The molecule has 38 heavy (non-hydrogen) atoms. The molecule has 0 unspecified atom stereocenters. The van der Waals surface area contributed by atoms with Gasteiger partial charge in [0.2, 0.25) is 5.91 Å². The standard InChI is InChI=1S/C31H28N2O5/c1-3-18-37-25-17-16-21(19-26(25)36-2)28-27-29(38-33(28)22-12-5-4-6-13-22)31(35)32(30(27)34)24-15-9-11-20-10-7-8-14-23(20)24/h4-17,19,27-29H,3,18H2,1-2H3/t27-,28+,29-/m1/s1. The van der Waals surface area contributed by atoms with Crippen LogP contribution < -0.4 is 19.4 Å². The van der Waals surface area contributed by atoms with Gasteiger partial charge in [-0.25, -0.2) is 9.96 Å². The third-order valence-electron chi connectivity index (χ3n) is 7.12. The SMILES string of the molecule is CCCOc1ccc([C@H]2[C@H]3C(=O)N(c4cccc5ccccc45)C(=O)[C@@H]3ON2c2ccccc2)cc1OC. The van der Waals surface area contributed by atoms with Gasteiger partial charge in [0.15, 0.2) is 17.6 Å². The zero-order chi connectivity index (χ0) is 26.2. The molecular formula is C31H28N2O5. The maximum atomic E-state index is 14.1. The number of hydroxylamine groups is 1. The van der Waals surface area contributed by atoms with Crippen LogP contribution in [0.2, 0.25) is 0 Å². The van der Waals surface area contributed by atoms with Gasteiger partial charge in [0.05, 0.1) is 31.1 Å². The highest BCUT2D eigenvalue weighted by atomic mass is 16.7. The van der Waals surface area contributed by atoms with E-state index in [1.807, 2.05) is 97.9 Å². The number of rotatable bonds is 7. The average molecular weight is 509 g/mol. The molecule has 192 valence electrons. The molecule has 2 aliphatic rings. The van der Waals surface area contributed by atoms with Crippen LogP contribution in [0, 0.1) is 5.92 Å². The summed E-state index contributed by atoms with van der Waals surface area (Å²) >= 11 is 0. The number of para-hydroxylation sites is 1. The molecule has 4 aromatic carbocycles. The van der Waals surface area contributed by atoms with Crippen molar-refractivity contribution in [2.45, 2.75) is 25.5 Å². The van der Waals surface area contributed by atoms with Crippen molar-refractivity contribution in [3.05, 3.63) is 96.6 Å². The Morgan fingerprint density at radius 2 is 1.61 bits per heavy atom. The lowest BCUT2D eigenvalue weighted by Gasteiger charge is -2.29. The zero-order valence-electron chi connectivity index (χ0n) is 21.2. The molecule has 2 fully saturated rings. The van der Waals surface area contributed by atoms with E-state index in [0.717, 1.165) is 28.4 Å². The second-order valence-corrected chi connectivity index (χ2v) is 9.43. The number of hydrogen-bond acceptors (Lipinski definition) is 6. The van der Waals surface area contributed by atoms with Gasteiger partial charge in [-0.05, 0) is 47.7 Å². The minimum atomic E-state index is -0.950. The van der Waals surface area contributed by atoms with Gasteiger partial charge in [0.25, 0.3) is 5.91 Å². The van der Waals surface area contributed by atoms with Gasteiger partial charge < -0.3 is 9.47 Å². The summed E-state index contributed by atoms with van der Waals surface area (Å²) in [6.45, 7) is 2.61. The summed E-state index contributed by atoms with van der Waals surface area (Å²) < 4.78 is 11.5. The number of fused-ring (bicyclic) bond motifs is 2. The Balaban J connectivity index is 1.44. The lowest BCUT2D eigenvalue weighted by Crippen LogP contribution is -2.37. The molecule has 4 aromatic rings. The maximum absolute atomic E-state index is 14.1. The van der Waals surface area contributed by atoms with Crippen molar-refractivity contribution < 1.29 is 23.9 Å². The molecule has 0 N–H and O–H groups in total. The number of amides is 2. The van der Waals surface area contributed by atoms with Crippen LogP contribution in [0.4, 0.5) is 11.4 Å². The first-order valence-corrected chi connectivity index (χ1v) is 12.8. The van der Waals surface area contributed by atoms with Crippen LogP contribution in [-0.4, -0.2) is 31.6 Å². The van der Waals surface area contributed by atoms with E-state index in [0.29, 0.717) is 23.8 Å². The molecule has 0 bridgehead atoms. The lowest BCUT2D eigenvalue weighted by atomic mass is 9.90. The van der Waals surface area contributed by atoms with Crippen molar-refractivity contribution in [1.82, 2.24) is 0 Å². The molecule has 2 saturated heterocycles. The second kappa shape index (κ2) is 9.84. The normalized spacial score (nSPS) is 20.7. The summed E-state index contributed by atoms with van der Waals surface area (Å²) in [5.41, 5.74) is 2.12. The summed E-state index contributed by atoms with van der Waals surface area (Å²) in [7, 11) is 1.59. The van der Waals surface area contributed by atoms with Crippen molar-refractivity contribution in [2.24, 2.45) is 5.92 Å². The smallest absolute Gasteiger partial charge is 0.266 e. The number of ether oxygens (including phenoxy) is 2. The largest absolute Gasteiger partial charge is 0.493 e. The topological polar surface area (TPSA) is 68.3 Å². The number of hydrogen-bond donors (Lipinski definition) is 0. The highest BCUT2D eigenvalue weighted by Gasteiger charge is 2.60. The third kappa shape index (κ3) is 3.87. The van der Waals surface area contributed by atoms with E-state index in [1.165, 1.54) is 4.90 Å². The van der Waals surface area contributed by atoms with Crippen molar-refractivity contribution >= 4 is 34.0 Å². The van der Waals surface area contributed by atoms with E-state index < -0.39 is 18.1 Å². The van der Waals surface area contributed by atoms with Crippen LogP contribution in [-0.2, 0) is 14.4 Å². The summed E-state index contributed by atoms with van der Waals surface area (Å²) in [6.07, 6.45) is -0.0817. The highest BCUT2D eigenvalue weighted by molar-refractivity contribution is 6.26. The molecule has 0 saturated carbocycles. The number of methoxy groups -OCH3 is 1. The minimum absolute atomic E-state index is 0.287. The van der Waals surface area contributed by atoms with Crippen LogP contribution in [0.15, 0.2) is 91.0 Å². The van der Waals surface area contributed by atoms with E-state index in [4.69, 9.17) is 14.3 Å². The van der Waals surface area contributed by atoms with Crippen molar-refractivity contribution in [3.63, 3.8) is 0 Å². The molecule has 0 aromatic heterocycles. The Kier molecular flexibility index (Phi) is 6.21. The van der Waals surface area contributed by atoms with Gasteiger partial charge in [0.1, 0.15) is 5.92 Å². The molecular weight excluding hydrogens is 480 g/mol. The Morgan fingerprint density at radius 1 is 0.842 bits per heavy atom. The summed E-state index contributed by atoms with van der Waals surface area (Å²) in [4.78, 5) is 35.5. The van der Waals surface area contributed by atoms with E-state index >= 15 is 0 Å². The highest BCUT2D eigenvalue weighted by Crippen LogP contribution is 2.49. The Labute approximate surface area is 221 Å². The van der Waals surface area contributed by atoms with Crippen LogP contribution in [0.3, 0.4) is 0 Å². The molecule has 0 radical (unpaired) electrons. The summed E-state index contributed by atoms with van der Waals surface area (Å²) in [6, 6.07) is 28.0. The molecule has 2 amide bonds. The van der Waals surface area contributed by atoms with Crippen molar-refractivity contribution in [3.8, 4) is 11.5 Å². The predicted molar refractivity (Wildman–Crippen MR) is 145 cm³/mol. The van der Waals surface area contributed by atoms with Crippen LogP contribution in [0.5, 0.6) is 11.5 Å². The second-order valence-electron chi connectivity index (χ2n) is 9.43. The summed E-state index contributed by atoms with van der Waals surface area (Å²) in [5.74, 6) is -0.199. The fourth-order valence-corrected chi connectivity index (χ4v) is 5.39. The maximum Gasteiger partial charge on any atom is 0.266 e. The first-order chi connectivity index (χ1) is 18.6. The molecule has 7 nitrogen and oxygen atoms in total. The third-order valence-corrected chi connectivity index (χ3v) is 7.12. The molecule has 2 heterocycles. The zero-order valence-corrected chi connectivity index (χ0v) is 21.2. The van der Waals surface area contributed by atoms with Gasteiger partial charge in [-0.2, -0.15) is 0 Å². The predicted octanol–water partition coefficient (Wildman–Crippen LogP) is 5.69. The number of carbonyl (C=O) groups excluding carboxylic acids is 2. The van der Waals surface area contributed by atoms with E-state index in [-0.39, 0.29) is 11.8 Å². The Morgan fingerprint density at radius 3 is 2.39 bits per heavy atom. The van der Waals surface area contributed by atoms with Crippen LogP contribution in [0.25, 0.3) is 10.8 Å². The molecule has 6 rings (SSSR count). The van der Waals surface area contributed by atoms with Gasteiger partial charge in [-0.1, -0.05) is 67.6 Å². The fourth-order valence-electron chi connectivity index (χ4n) is 5.39. The lowest BCUT2D eigenvalue weighted by molar-refractivity contribution is -0.126. The van der Waals surface area contributed by atoms with E-state index in [2.05, 4.69) is 0 Å². The number of anilines is 2. The number of imide groups is 1. The van der Waals surface area contributed by atoms with Crippen LogP contribution >= 0.6 is 0 Å².